The maximum absolute atomic E-state index is 6.19. The molecule has 0 atom stereocenters. The quantitative estimate of drug-likeness (QED) is 0.152. The van der Waals surface area contributed by atoms with Crippen LogP contribution in [-0.4, -0.2) is 4.57 Å². The molecule has 0 bridgehead atoms. The van der Waals surface area contributed by atoms with Crippen LogP contribution in [0.1, 0.15) is 0 Å². The van der Waals surface area contributed by atoms with Crippen molar-refractivity contribution in [2.24, 2.45) is 0 Å². The van der Waals surface area contributed by atoms with Gasteiger partial charge in [-0.3, -0.25) is 0 Å². The number of fused-ring (bicyclic) bond motifs is 7. The fraction of sp³-hybridized carbons (Fsp3) is 0. The monoisotopic (exact) mass is 854 g/mol. The van der Waals surface area contributed by atoms with Gasteiger partial charge in [0.15, 0.2) is 0 Å². The Labute approximate surface area is 388 Å². The summed E-state index contributed by atoms with van der Waals surface area (Å²) in [5.41, 5.74) is 18.1. The smallest absolute Gasteiger partial charge is 0.136 e. The second-order valence-electron chi connectivity index (χ2n) is 17.3. The Hall–Kier alpha value is -8.92. The minimum absolute atomic E-state index is 0.910. The second kappa shape index (κ2) is 16.0. The molecule has 2 aromatic heterocycles. The molecule has 0 fully saturated rings. The molecular weight excluding hydrogens is 813 g/mol. The lowest BCUT2D eigenvalue weighted by Crippen LogP contribution is -2.10. The van der Waals surface area contributed by atoms with Crippen LogP contribution in [0.25, 0.3) is 105 Å². The first-order valence-corrected chi connectivity index (χ1v) is 22.9. The van der Waals surface area contributed by atoms with Crippen molar-refractivity contribution in [3.8, 4) is 50.2 Å². The highest BCUT2D eigenvalue weighted by Gasteiger charge is 2.17. The summed E-state index contributed by atoms with van der Waals surface area (Å²) in [6, 6.07) is 91.9. The lowest BCUT2D eigenvalue weighted by Gasteiger charge is -2.27. The molecule has 314 valence electrons. The first kappa shape index (κ1) is 38.5. The third kappa shape index (κ3) is 6.76. The molecule has 13 aromatic rings. The van der Waals surface area contributed by atoms with Crippen molar-refractivity contribution in [2.45, 2.75) is 0 Å². The number of hydrogen-bond acceptors (Lipinski definition) is 2. The molecule has 2 heterocycles. The van der Waals surface area contributed by atoms with E-state index >= 15 is 0 Å². The Morgan fingerprint density at radius 2 is 0.716 bits per heavy atom. The molecule has 67 heavy (non-hydrogen) atoms. The Morgan fingerprint density at radius 1 is 0.284 bits per heavy atom. The number of rotatable bonds is 8. The molecular formula is C64H42N2O. The first-order valence-electron chi connectivity index (χ1n) is 22.9. The van der Waals surface area contributed by atoms with Gasteiger partial charge in [-0.15, -0.1) is 0 Å². The van der Waals surface area contributed by atoms with Crippen molar-refractivity contribution >= 4 is 71.6 Å². The minimum atomic E-state index is 0.910. The van der Waals surface area contributed by atoms with E-state index in [-0.39, 0.29) is 0 Å². The van der Waals surface area contributed by atoms with E-state index in [4.69, 9.17) is 4.42 Å². The number of anilines is 3. The van der Waals surface area contributed by atoms with Crippen molar-refractivity contribution in [2.75, 3.05) is 4.90 Å². The van der Waals surface area contributed by atoms with E-state index < -0.39 is 0 Å². The van der Waals surface area contributed by atoms with Crippen LogP contribution in [0, 0.1) is 0 Å². The number of para-hydroxylation sites is 3. The van der Waals surface area contributed by atoms with Crippen LogP contribution in [0.5, 0.6) is 0 Å². The first-order chi connectivity index (χ1) is 33.2. The molecule has 0 saturated heterocycles. The summed E-state index contributed by atoms with van der Waals surface area (Å²) in [5, 5.41) is 7.24. The zero-order chi connectivity index (χ0) is 44.3. The number of benzene rings is 11. The number of furan rings is 1. The molecule has 0 saturated carbocycles. The Bertz CT molecular complexity index is 3890. The highest BCUT2D eigenvalue weighted by molar-refractivity contribution is 6.09. The van der Waals surface area contributed by atoms with Crippen LogP contribution in [0.4, 0.5) is 17.1 Å². The summed E-state index contributed by atoms with van der Waals surface area (Å²) in [7, 11) is 0. The molecule has 11 aromatic carbocycles. The Morgan fingerprint density at radius 3 is 1.33 bits per heavy atom. The maximum atomic E-state index is 6.19. The molecule has 13 rings (SSSR count). The second-order valence-corrected chi connectivity index (χ2v) is 17.3. The minimum Gasteiger partial charge on any atom is -0.456 e. The average molecular weight is 855 g/mol. The van der Waals surface area contributed by atoms with Crippen molar-refractivity contribution < 1.29 is 4.42 Å². The topological polar surface area (TPSA) is 21.3 Å². The largest absolute Gasteiger partial charge is 0.456 e. The number of aromatic nitrogens is 1. The van der Waals surface area contributed by atoms with Crippen molar-refractivity contribution in [3.05, 3.63) is 255 Å². The predicted molar refractivity (Wildman–Crippen MR) is 282 cm³/mol. The molecule has 0 spiro atoms. The molecule has 3 nitrogen and oxygen atoms in total. The zero-order valence-corrected chi connectivity index (χ0v) is 36.6. The standard InChI is InChI=1S/C64H42N2O/c1-2-15-55-49(11-1)12-10-21-60(55)65(53-38-33-46(34-39-53)44-25-29-48(30-26-44)51-35-40-59-58-18-5-8-22-63(58)67-64(59)42-51)52-36-31-45(32-37-52)43-23-27-47(28-24-43)50-13-9-14-54(41-50)66-61-19-6-3-16-56(61)57-17-4-7-20-62(57)66/h1-42H. The van der Waals surface area contributed by atoms with E-state index in [1.54, 1.807) is 0 Å². The van der Waals surface area contributed by atoms with Gasteiger partial charge >= 0.3 is 0 Å². The van der Waals surface area contributed by atoms with Crippen LogP contribution in [0.3, 0.4) is 0 Å². The van der Waals surface area contributed by atoms with Crippen LogP contribution in [0.2, 0.25) is 0 Å². The molecule has 0 aliphatic rings. The van der Waals surface area contributed by atoms with E-state index in [2.05, 4.69) is 252 Å². The molecule has 3 heteroatoms. The van der Waals surface area contributed by atoms with Gasteiger partial charge in [0, 0.05) is 44.0 Å². The van der Waals surface area contributed by atoms with E-state index in [1.807, 2.05) is 12.1 Å². The van der Waals surface area contributed by atoms with Crippen molar-refractivity contribution in [1.82, 2.24) is 4.57 Å². The van der Waals surface area contributed by atoms with Crippen molar-refractivity contribution in [1.29, 1.82) is 0 Å². The molecule has 0 unspecified atom stereocenters. The van der Waals surface area contributed by atoms with Gasteiger partial charge in [-0.2, -0.15) is 0 Å². The predicted octanol–water partition coefficient (Wildman–Crippen LogP) is 18.0. The van der Waals surface area contributed by atoms with Gasteiger partial charge in [0.05, 0.1) is 16.7 Å². The summed E-state index contributed by atoms with van der Waals surface area (Å²) in [4.78, 5) is 2.38. The van der Waals surface area contributed by atoms with Crippen LogP contribution in [-0.2, 0) is 0 Å². The van der Waals surface area contributed by atoms with Gasteiger partial charge in [-0.05, 0) is 123 Å². The third-order valence-electron chi connectivity index (χ3n) is 13.4. The molecule has 0 aliphatic carbocycles. The molecule has 0 N–H and O–H groups in total. The highest BCUT2D eigenvalue weighted by atomic mass is 16.3. The summed E-state index contributed by atoms with van der Waals surface area (Å²) in [5.74, 6) is 0. The SMILES string of the molecule is c1cc(-c2ccc(-c3ccc(N(c4ccc(-c5ccc(-c6ccc7c(c6)oc6ccccc67)cc5)cc4)c4cccc5ccccc45)cc3)cc2)cc(-n2c3ccccc3c3ccccc32)c1. The zero-order valence-electron chi connectivity index (χ0n) is 36.6. The average Bonchev–Trinajstić information content (AvgIpc) is 3.95. The van der Waals surface area contributed by atoms with Gasteiger partial charge in [0.25, 0.3) is 0 Å². The number of hydrogen-bond donors (Lipinski definition) is 0. The maximum Gasteiger partial charge on any atom is 0.136 e. The third-order valence-corrected chi connectivity index (χ3v) is 13.4. The van der Waals surface area contributed by atoms with Gasteiger partial charge in [0.1, 0.15) is 11.2 Å². The van der Waals surface area contributed by atoms with E-state index in [0.717, 1.165) is 61.4 Å². The van der Waals surface area contributed by atoms with Crippen LogP contribution >= 0.6 is 0 Å². The van der Waals surface area contributed by atoms with E-state index in [9.17, 15) is 0 Å². The fourth-order valence-electron chi connectivity index (χ4n) is 10.1. The molecule has 0 radical (unpaired) electrons. The van der Waals surface area contributed by atoms with Gasteiger partial charge in [-0.1, -0.05) is 182 Å². The lowest BCUT2D eigenvalue weighted by molar-refractivity contribution is 0.669. The molecule has 0 amide bonds. The molecule has 0 aliphatic heterocycles. The Kier molecular flexibility index (Phi) is 9.17. The summed E-state index contributed by atoms with van der Waals surface area (Å²) in [6.45, 7) is 0. The van der Waals surface area contributed by atoms with Crippen LogP contribution < -0.4 is 4.90 Å². The van der Waals surface area contributed by atoms with Crippen LogP contribution in [0.15, 0.2) is 259 Å². The van der Waals surface area contributed by atoms with Gasteiger partial charge in [-0.25, -0.2) is 0 Å². The van der Waals surface area contributed by atoms with Gasteiger partial charge < -0.3 is 13.9 Å². The van der Waals surface area contributed by atoms with E-state index in [0.29, 0.717) is 0 Å². The lowest BCUT2D eigenvalue weighted by atomic mass is 9.98. The summed E-state index contributed by atoms with van der Waals surface area (Å²) >= 11 is 0. The summed E-state index contributed by atoms with van der Waals surface area (Å²) < 4.78 is 8.57. The summed E-state index contributed by atoms with van der Waals surface area (Å²) in [6.07, 6.45) is 0. The fourth-order valence-corrected chi connectivity index (χ4v) is 10.1. The van der Waals surface area contributed by atoms with Crippen molar-refractivity contribution in [3.63, 3.8) is 0 Å². The Balaban J connectivity index is 0.790. The number of nitrogens with zero attached hydrogens (tertiary/aromatic N) is 2. The van der Waals surface area contributed by atoms with E-state index in [1.165, 1.54) is 60.4 Å². The normalized spacial score (nSPS) is 11.6. The van der Waals surface area contributed by atoms with Gasteiger partial charge in [0.2, 0.25) is 0 Å². The highest BCUT2D eigenvalue weighted by Crippen LogP contribution is 2.41.